The fourth-order valence-corrected chi connectivity index (χ4v) is 1.16. The Hall–Kier alpha value is -0.790. The molecule has 0 aromatic heterocycles. The van der Waals surface area contributed by atoms with Crippen molar-refractivity contribution in [2.75, 3.05) is 13.2 Å². The standard InChI is InChI=1S/C9H17N2/c1-3-5-6-11-8-7-10(4-2)9-11/h4,7-8H,3,5-6,9H2,1-2H3/q+1. The highest BCUT2D eigenvalue weighted by atomic mass is 15.3. The molecule has 0 N–H and O–H groups in total. The summed E-state index contributed by atoms with van der Waals surface area (Å²) in [5.74, 6) is 0. The molecule has 2 nitrogen and oxygen atoms in total. The van der Waals surface area contributed by atoms with Crippen LogP contribution in [-0.4, -0.2) is 28.9 Å². The maximum absolute atomic E-state index is 2.34. The molecule has 1 aliphatic heterocycles. The third-order valence-electron chi connectivity index (χ3n) is 1.94. The van der Waals surface area contributed by atoms with Crippen LogP contribution in [0.4, 0.5) is 0 Å². The minimum atomic E-state index is 1.04. The van der Waals surface area contributed by atoms with E-state index in [2.05, 4.69) is 41.9 Å². The van der Waals surface area contributed by atoms with Gasteiger partial charge in [-0.05, 0) is 6.42 Å². The summed E-state index contributed by atoms with van der Waals surface area (Å²) in [6, 6.07) is 0. The number of unbranched alkanes of at least 4 members (excludes halogenated alkanes) is 1. The highest BCUT2D eigenvalue weighted by molar-refractivity contribution is 5.47. The van der Waals surface area contributed by atoms with Gasteiger partial charge in [-0.25, -0.2) is 0 Å². The van der Waals surface area contributed by atoms with Gasteiger partial charge in [0.15, 0.2) is 6.20 Å². The minimum absolute atomic E-state index is 1.04. The Morgan fingerprint density at radius 2 is 2.45 bits per heavy atom. The van der Waals surface area contributed by atoms with Crippen LogP contribution in [0.1, 0.15) is 26.7 Å². The van der Waals surface area contributed by atoms with Gasteiger partial charge in [-0.1, -0.05) is 13.3 Å². The molecule has 1 heterocycles. The molecular weight excluding hydrogens is 136 g/mol. The topological polar surface area (TPSA) is 6.25 Å². The molecule has 1 rings (SSSR count). The molecule has 2 heteroatoms. The average molecular weight is 153 g/mol. The van der Waals surface area contributed by atoms with Crippen molar-refractivity contribution in [2.45, 2.75) is 26.7 Å². The lowest BCUT2D eigenvalue weighted by molar-refractivity contribution is -0.459. The van der Waals surface area contributed by atoms with Crippen molar-refractivity contribution in [3.63, 3.8) is 0 Å². The van der Waals surface area contributed by atoms with Crippen LogP contribution in [0.5, 0.6) is 0 Å². The third-order valence-corrected chi connectivity index (χ3v) is 1.94. The van der Waals surface area contributed by atoms with Crippen LogP contribution in [0.2, 0.25) is 0 Å². The lowest BCUT2D eigenvalue weighted by atomic mass is 10.3. The Morgan fingerprint density at radius 1 is 1.64 bits per heavy atom. The fourth-order valence-electron chi connectivity index (χ4n) is 1.16. The summed E-state index contributed by atoms with van der Waals surface area (Å²) in [5, 5.41) is 0. The first-order chi connectivity index (χ1) is 5.36. The first kappa shape index (κ1) is 8.31. The number of hydrogen-bond acceptors (Lipinski definition) is 1. The smallest absolute Gasteiger partial charge is 0.223 e. The molecule has 11 heavy (non-hydrogen) atoms. The Morgan fingerprint density at radius 3 is 3.00 bits per heavy atom. The Labute approximate surface area is 68.8 Å². The zero-order valence-electron chi connectivity index (χ0n) is 7.45. The van der Waals surface area contributed by atoms with Crippen LogP contribution in [-0.2, 0) is 0 Å². The number of hydrogen-bond donors (Lipinski definition) is 0. The van der Waals surface area contributed by atoms with E-state index in [0.29, 0.717) is 0 Å². The van der Waals surface area contributed by atoms with Crippen LogP contribution >= 0.6 is 0 Å². The van der Waals surface area contributed by atoms with Gasteiger partial charge >= 0.3 is 0 Å². The summed E-state index contributed by atoms with van der Waals surface area (Å²) in [4.78, 5) is 2.34. The zero-order valence-corrected chi connectivity index (χ0v) is 7.45. The van der Waals surface area contributed by atoms with Gasteiger partial charge in [0.1, 0.15) is 6.21 Å². The molecule has 0 aliphatic carbocycles. The van der Waals surface area contributed by atoms with Crippen LogP contribution < -0.4 is 0 Å². The summed E-state index contributed by atoms with van der Waals surface area (Å²) < 4.78 is 2.19. The summed E-state index contributed by atoms with van der Waals surface area (Å²) in [6.45, 7) is 6.52. The van der Waals surface area contributed by atoms with Crippen LogP contribution in [0.3, 0.4) is 0 Å². The highest BCUT2D eigenvalue weighted by Crippen LogP contribution is 2.02. The summed E-state index contributed by atoms with van der Waals surface area (Å²) in [7, 11) is 0. The van der Waals surface area contributed by atoms with E-state index >= 15 is 0 Å². The van der Waals surface area contributed by atoms with Gasteiger partial charge < -0.3 is 4.90 Å². The maximum Gasteiger partial charge on any atom is 0.223 e. The first-order valence-electron chi connectivity index (χ1n) is 4.34. The molecule has 0 aromatic rings. The van der Waals surface area contributed by atoms with E-state index in [1.807, 2.05) is 0 Å². The van der Waals surface area contributed by atoms with Gasteiger partial charge in [0.05, 0.1) is 6.20 Å². The van der Waals surface area contributed by atoms with Crippen molar-refractivity contribution in [3.8, 4) is 0 Å². The van der Waals surface area contributed by atoms with E-state index in [0.717, 1.165) is 6.67 Å². The molecule has 0 fully saturated rings. The lowest BCUT2D eigenvalue weighted by Gasteiger charge is -2.09. The van der Waals surface area contributed by atoms with Crippen LogP contribution in [0, 0.1) is 0 Å². The van der Waals surface area contributed by atoms with E-state index in [9.17, 15) is 0 Å². The lowest BCUT2D eigenvalue weighted by Crippen LogP contribution is -2.20. The Kier molecular flexibility index (Phi) is 3.14. The molecule has 0 radical (unpaired) electrons. The second-order valence-electron chi connectivity index (χ2n) is 2.88. The minimum Gasteiger partial charge on any atom is -0.317 e. The summed E-state index contributed by atoms with van der Waals surface area (Å²) in [6.07, 6.45) is 8.95. The molecule has 0 saturated heterocycles. The van der Waals surface area contributed by atoms with E-state index in [4.69, 9.17) is 0 Å². The van der Waals surface area contributed by atoms with Gasteiger partial charge in [-0.2, -0.15) is 4.58 Å². The predicted octanol–water partition coefficient (Wildman–Crippen LogP) is 1.63. The van der Waals surface area contributed by atoms with E-state index in [1.165, 1.54) is 19.4 Å². The van der Waals surface area contributed by atoms with Crippen molar-refractivity contribution in [3.05, 3.63) is 12.4 Å². The predicted molar refractivity (Wildman–Crippen MR) is 47.6 cm³/mol. The van der Waals surface area contributed by atoms with Crippen molar-refractivity contribution in [1.29, 1.82) is 0 Å². The van der Waals surface area contributed by atoms with Crippen LogP contribution in [0.25, 0.3) is 0 Å². The summed E-state index contributed by atoms with van der Waals surface area (Å²) in [5.41, 5.74) is 0. The van der Waals surface area contributed by atoms with Crippen molar-refractivity contribution >= 4 is 6.21 Å². The van der Waals surface area contributed by atoms with Gasteiger partial charge in [0, 0.05) is 13.5 Å². The highest BCUT2D eigenvalue weighted by Gasteiger charge is 2.12. The van der Waals surface area contributed by atoms with E-state index in [-0.39, 0.29) is 0 Å². The number of nitrogens with zero attached hydrogens (tertiary/aromatic N) is 2. The molecule has 0 spiro atoms. The van der Waals surface area contributed by atoms with Crippen LogP contribution in [0.15, 0.2) is 12.4 Å². The van der Waals surface area contributed by atoms with Crippen molar-refractivity contribution in [2.24, 2.45) is 0 Å². The number of rotatable bonds is 3. The molecule has 0 bridgehead atoms. The quantitative estimate of drug-likeness (QED) is 0.559. The third kappa shape index (κ3) is 2.37. The second kappa shape index (κ2) is 4.16. The van der Waals surface area contributed by atoms with Gasteiger partial charge in [0.2, 0.25) is 6.67 Å². The molecule has 0 saturated carbocycles. The first-order valence-corrected chi connectivity index (χ1v) is 4.34. The fraction of sp³-hybridized carbons (Fsp3) is 0.667. The molecule has 0 aromatic carbocycles. The zero-order chi connectivity index (χ0) is 8.10. The Bertz CT molecular complexity index is 170. The SMILES string of the molecule is CC=[N+]1C=CN(CCCC)C1. The normalized spacial score (nSPS) is 20.2. The molecule has 0 amide bonds. The van der Waals surface area contributed by atoms with Crippen molar-refractivity contribution in [1.82, 2.24) is 4.90 Å². The van der Waals surface area contributed by atoms with E-state index < -0.39 is 0 Å². The maximum atomic E-state index is 2.34. The average Bonchev–Trinajstić information content (AvgIpc) is 2.48. The van der Waals surface area contributed by atoms with E-state index in [1.54, 1.807) is 0 Å². The largest absolute Gasteiger partial charge is 0.317 e. The molecule has 62 valence electrons. The van der Waals surface area contributed by atoms with Gasteiger partial charge in [0.25, 0.3) is 0 Å². The Balaban J connectivity index is 2.26. The molecule has 0 atom stereocenters. The monoisotopic (exact) mass is 153 g/mol. The second-order valence-corrected chi connectivity index (χ2v) is 2.88. The van der Waals surface area contributed by atoms with Crippen molar-refractivity contribution < 1.29 is 4.58 Å². The molecule has 1 aliphatic rings. The molecule has 0 unspecified atom stereocenters. The van der Waals surface area contributed by atoms with Gasteiger partial charge in [-0.3, -0.25) is 0 Å². The molecular formula is C9H17N2+. The summed E-state index contributed by atoms with van der Waals surface area (Å²) >= 11 is 0. The van der Waals surface area contributed by atoms with Gasteiger partial charge in [-0.15, -0.1) is 0 Å².